The summed E-state index contributed by atoms with van der Waals surface area (Å²) in [5.74, 6) is 0. The summed E-state index contributed by atoms with van der Waals surface area (Å²) >= 11 is 0. The van der Waals surface area contributed by atoms with Crippen LogP contribution >= 0.6 is 0 Å². The molecule has 0 fully saturated rings. The van der Waals surface area contributed by atoms with Crippen LogP contribution in [0.25, 0.3) is 88.1 Å². The number of pyridine rings is 3. The van der Waals surface area contributed by atoms with Crippen molar-refractivity contribution in [1.29, 1.82) is 0 Å². The van der Waals surface area contributed by atoms with Crippen molar-refractivity contribution in [3.8, 4) is 44.6 Å². The Morgan fingerprint density at radius 3 is 1.92 bits per heavy atom. The molecule has 48 heavy (non-hydrogen) atoms. The highest BCUT2D eigenvalue weighted by molar-refractivity contribution is 6.10. The van der Waals surface area contributed by atoms with Crippen LogP contribution in [0.1, 0.15) is 12.5 Å². The molecule has 0 aliphatic rings. The van der Waals surface area contributed by atoms with Gasteiger partial charge in [0.1, 0.15) is 0 Å². The van der Waals surface area contributed by atoms with Crippen LogP contribution < -0.4 is 0 Å². The maximum absolute atomic E-state index is 5.04. The van der Waals surface area contributed by atoms with E-state index in [1.807, 2.05) is 30.6 Å². The first-order chi connectivity index (χ1) is 23.7. The molecular weight excluding hydrogens is 583 g/mol. The molecule has 3 heterocycles. The number of aryl methyl sites for hydroxylation is 1. The summed E-state index contributed by atoms with van der Waals surface area (Å²) in [6, 6.07) is 52.1. The van der Waals surface area contributed by atoms with Gasteiger partial charge in [-0.05, 0) is 92.5 Å². The minimum Gasteiger partial charge on any atom is -0.254 e. The predicted octanol–water partition coefficient (Wildman–Crippen LogP) is 11.7. The fourth-order valence-corrected chi connectivity index (χ4v) is 7.12. The van der Waals surface area contributed by atoms with E-state index < -0.39 is 0 Å². The second-order valence-corrected chi connectivity index (χ2v) is 12.3. The highest BCUT2D eigenvalue weighted by Gasteiger charge is 2.13. The van der Waals surface area contributed by atoms with Gasteiger partial charge in [0.05, 0.1) is 22.2 Å². The Morgan fingerprint density at radius 2 is 1.10 bits per heavy atom. The number of rotatable bonds is 5. The van der Waals surface area contributed by atoms with Crippen molar-refractivity contribution in [3.63, 3.8) is 0 Å². The molecule has 0 saturated carbocycles. The Balaban J connectivity index is 1.11. The maximum Gasteiger partial charge on any atom is 0.0970 e. The van der Waals surface area contributed by atoms with Gasteiger partial charge in [-0.2, -0.15) is 0 Å². The molecule has 0 saturated heterocycles. The van der Waals surface area contributed by atoms with Gasteiger partial charge < -0.3 is 0 Å². The highest BCUT2D eigenvalue weighted by Crippen LogP contribution is 2.37. The molecule has 3 nitrogen and oxygen atoms in total. The van der Waals surface area contributed by atoms with Gasteiger partial charge in [-0.3, -0.25) is 9.97 Å². The van der Waals surface area contributed by atoms with Crippen molar-refractivity contribution in [2.45, 2.75) is 13.3 Å². The van der Waals surface area contributed by atoms with Crippen LogP contribution in [-0.4, -0.2) is 15.0 Å². The van der Waals surface area contributed by atoms with Gasteiger partial charge in [0, 0.05) is 34.1 Å². The van der Waals surface area contributed by atoms with Crippen molar-refractivity contribution < 1.29 is 0 Å². The molecule has 0 spiro atoms. The first-order valence-corrected chi connectivity index (χ1v) is 16.5. The molecule has 0 bridgehead atoms. The van der Waals surface area contributed by atoms with Crippen LogP contribution in [0.2, 0.25) is 0 Å². The third kappa shape index (κ3) is 4.80. The normalized spacial score (nSPS) is 11.5. The lowest BCUT2D eigenvalue weighted by Crippen LogP contribution is -1.92. The quantitative estimate of drug-likeness (QED) is 0.181. The summed E-state index contributed by atoms with van der Waals surface area (Å²) in [5.41, 5.74) is 13.6. The monoisotopic (exact) mass is 613 g/mol. The Hall–Kier alpha value is -6.19. The van der Waals surface area contributed by atoms with Gasteiger partial charge in [0.25, 0.3) is 0 Å². The summed E-state index contributed by atoms with van der Waals surface area (Å²) in [6.07, 6.45) is 4.62. The second-order valence-electron chi connectivity index (χ2n) is 12.3. The third-order valence-corrected chi connectivity index (χ3v) is 9.55. The molecule has 9 aromatic rings. The van der Waals surface area contributed by atoms with E-state index in [9.17, 15) is 0 Å². The van der Waals surface area contributed by atoms with E-state index in [2.05, 4.69) is 139 Å². The smallest absolute Gasteiger partial charge is 0.0970 e. The van der Waals surface area contributed by atoms with Crippen LogP contribution in [-0.2, 0) is 6.42 Å². The predicted molar refractivity (Wildman–Crippen MR) is 201 cm³/mol. The van der Waals surface area contributed by atoms with Gasteiger partial charge >= 0.3 is 0 Å². The third-order valence-electron chi connectivity index (χ3n) is 9.55. The highest BCUT2D eigenvalue weighted by atomic mass is 14.7. The first-order valence-electron chi connectivity index (χ1n) is 16.5. The van der Waals surface area contributed by atoms with E-state index in [-0.39, 0.29) is 0 Å². The molecule has 0 unspecified atom stereocenters. The lowest BCUT2D eigenvalue weighted by atomic mass is 9.90. The fraction of sp³-hybridized carbons (Fsp3) is 0.0444. The Bertz CT molecular complexity index is 2640. The van der Waals surface area contributed by atoms with E-state index in [1.165, 1.54) is 49.7 Å². The molecular formula is C45H31N3. The molecule has 3 heteroatoms. The van der Waals surface area contributed by atoms with Gasteiger partial charge in [-0.25, -0.2) is 4.98 Å². The molecule has 226 valence electrons. The largest absolute Gasteiger partial charge is 0.254 e. The van der Waals surface area contributed by atoms with Crippen molar-refractivity contribution in [3.05, 3.63) is 164 Å². The Morgan fingerprint density at radius 1 is 0.438 bits per heavy atom. The molecule has 0 radical (unpaired) electrons. The van der Waals surface area contributed by atoms with Crippen LogP contribution in [0, 0.1) is 0 Å². The zero-order valence-electron chi connectivity index (χ0n) is 26.6. The second kappa shape index (κ2) is 11.6. The summed E-state index contributed by atoms with van der Waals surface area (Å²) in [7, 11) is 0. The van der Waals surface area contributed by atoms with E-state index >= 15 is 0 Å². The van der Waals surface area contributed by atoms with Crippen molar-refractivity contribution >= 4 is 43.5 Å². The number of benzene rings is 6. The van der Waals surface area contributed by atoms with Gasteiger partial charge in [0.2, 0.25) is 0 Å². The van der Waals surface area contributed by atoms with Crippen LogP contribution in [0.3, 0.4) is 0 Å². The SMILES string of the molecule is CCc1c(-c2ccc(-c3cc4cccnc4c4ncccc34)cc2)ccc2ccc(-c3ccc4ccc(-c5ccccc5)nc4c3)cc12. The molecule has 0 amide bonds. The zero-order chi connectivity index (χ0) is 32.0. The number of hydrogen-bond acceptors (Lipinski definition) is 3. The van der Waals surface area contributed by atoms with Gasteiger partial charge in [-0.15, -0.1) is 0 Å². The Kier molecular flexibility index (Phi) is 6.76. The minimum atomic E-state index is 0.936. The summed E-state index contributed by atoms with van der Waals surface area (Å²) in [6.45, 7) is 2.26. The average Bonchev–Trinajstić information content (AvgIpc) is 3.17. The minimum absolute atomic E-state index is 0.936. The topological polar surface area (TPSA) is 38.7 Å². The fourth-order valence-electron chi connectivity index (χ4n) is 7.12. The maximum atomic E-state index is 5.04. The van der Waals surface area contributed by atoms with Crippen LogP contribution in [0.5, 0.6) is 0 Å². The van der Waals surface area contributed by atoms with Gasteiger partial charge in [-0.1, -0.05) is 116 Å². The van der Waals surface area contributed by atoms with Crippen molar-refractivity contribution in [2.24, 2.45) is 0 Å². The van der Waals surface area contributed by atoms with Crippen LogP contribution in [0.15, 0.2) is 158 Å². The van der Waals surface area contributed by atoms with Crippen LogP contribution in [0.4, 0.5) is 0 Å². The van der Waals surface area contributed by atoms with E-state index in [0.717, 1.165) is 50.4 Å². The first kappa shape index (κ1) is 28.1. The summed E-state index contributed by atoms with van der Waals surface area (Å²) < 4.78 is 0. The number of nitrogens with zero attached hydrogens (tertiary/aromatic N) is 3. The molecule has 0 aliphatic carbocycles. The summed E-state index contributed by atoms with van der Waals surface area (Å²) in [4.78, 5) is 14.4. The molecule has 3 aromatic heterocycles. The van der Waals surface area contributed by atoms with Crippen molar-refractivity contribution in [2.75, 3.05) is 0 Å². The number of hydrogen-bond donors (Lipinski definition) is 0. The molecule has 0 atom stereocenters. The Labute approximate surface area is 279 Å². The van der Waals surface area contributed by atoms with Crippen molar-refractivity contribution in [1.82, 2.24) is 15.0 Å². The summed E-state index contributed by atoms with van der Waals surface area (Å²) in [5, 5.41) is 5.90. The molecule has 9 rings (SSSR count). The average molecular weight is 614 g/mol. The molecule has 0 aliphatic heterocycles. The zero-order valence-corrected chi connectivity index (χ0v) is 26.6. The van der Waals surface area contributed by atoms with E-state index in [1.54, 1.807) is 0 Å². The van der Waals surface area contributed by atoms with E-state index in [0.29, 0.717) is 0 Å². The standard InChI is InChI=1S/C45H31N3/c1-2-37-38(29-12-14-30(15-13-29)41-27-36-10-6-24-46-44(36)45-39(41)11-7-25-47-45)22-20-31-16-18-34(26-40(31)37)35-19-17-33-21-23-42(48-43(33)28-35)32-8-4-3-5-9-32/h3-28H,2H2,1H3. The molecule has 0 N–H and O–H groups in total. The lowest BCUT2D eigenvalue weighted by Gasteiger charge is -2.15. The number of aromatic nitrogens is 3. The number of fused-ring (bicyclic) bond motifs is 5. The molecule has 6 aromatic carbocycles. The lowest BCUT2D eigenvalue weighted by molar-refractivity contribution is 1.16. The van der Waals surface area contributed by atoms with E-state index in [4.69, 9.17) is 9.97 Å². The van der Waals surface area contributed by atoms with Gasteiger partial charge in [0.15, 0.2) is 0 Å².